The minimum Gasteiger partial charge on any atom is -0.397 e. The summed E-state index contributed by atoms with van der Waals surface area (Å²) in [5.74, 6) is -0.424. The smallest absolute Gasteiger partial charge is 0.258 e. The van der Waals surface area contributed by atoms with Crippen molar-refractivity contribution in [2.75, 3.05) is 11.1 Å². The summed E-state index contributed by atoms with van der Waals surface area (Å²) < 4.78 is 0. The van der Waals surface area contributed by atoms with E-state index in [2.05, 4.69) is 15.3 Å². The quantitative estimate of drug-likeness (QED) is 0.830. The van der Waals surface area contributed by atoms with Gasteiger partial charge in [0.1, 0.15) is 5.15 Å². The maximum atomic E-state index is 12.0. The molecule has 18 heavy (non-hydrogen) atoms. The van der Waals surface area contributed by atoms with Crippen LogP contribution in [0.3, 0.4) is 0 Å². The first-order valence-corrected chi connectivity index (χ1v) is 5.66. The van der Waals surface area contributed by atoms with Crippen molar-refractivity contribution in [2.24, 2.45) is 0 Å². The molecule has 0 aliphatic carbocycles. The predicted octanol–water partition coefficient (Wildman–Crippen LogP) is 2.62. The van der Waals surface area contributed by atoms with E-state index < -0.39 is 5.91 Å². The van der Waals surface area contributed by atoms with Gasteiger partial charge >= 0.3 is 0 Å². The maximum Gasteiger partial charge on any atom is 0.258 e. The molecule has 0 saturated heterocycles. The van der Waals surface area contributed by atoms with E-state index in [1.54, 1.807) is 12.1 Å². The molecule has 7 heteroatoms. The molecule has 0 aliphatic heterocycles. The van der Waals surface area contributed by atoms with Crippen LogP contribution < -0.4 is 11.1 Å². The van der Waals surface area contributed by atoms with E-state index in [-0.39, 0.29) is 21.6 Å². The van der Waals surface area contributed by atoms with Crippen molar-refractivity contribution in [1.82, 2.24) is 9.97 Å². The molecule has 0 unspecified atom stereocenters. The summed E-state index contributed by atoms with van der Waals surface area (Å²) in [7, 11) is 0. The average Bonchev–Trinajstić information content (AvgIpc) is 2.35. The maximum absolute atomic E-state index is 12.0. The summed E-state index contributed by atoms with van der Waals surface area (Å²) in [5.41, 5.74) is 6.52. The Morgan fingerprint density at radius 3 is 2.83 bits per heavy atom. The Kier molecular flexibility index (Phi) is 3.64. The standard InChI is InChI=1S/C11H8Cl2N4O/c12-9-4-6(7(14)5-16-9)11(18)17-8-2-1-3-15-10(8)13/h1-5H,14H2,(H,17,18). The number of pyridine rings is 2. The molecule has 0 fully saturated rings. The molecule has 2 aromatic heterocycles. The molecule has 1 amide bonds. The first kappa shape index (κ1) is 12.6. The van der Waals surface area contributed by atoms with Crippen molar-refractivity contribution in [2.45, 2.75) is 0 Å². The molecular formula is C11H8Cl2N4O. The van der Waals surface area contributed by atoms with Crippen molar-refractivity contribution >= 4 is 40.5 Å². The molecule has 0 radical (unpaired) electrons. The number of rotatable bonds is 2. The molecule has 2 rings (SSSR count). The molecule has 0 aliphatic rings. The lowest BCUT2D eigenvalue weighted by Gasteiger charge is -2.08. The fraction of sp³-hybridized carbons (Fsp3) is 0. The second-order valence-corrected chi connectivity index (χ2v) is 4.14. The summed E-state index contributed by atoms with van der Waals surface area (Å²) in [6.45, 7) is 0. The SMILES string of the molecule is Nc1cnc(Cl)cc1C(=O)Nc1cccnc1Cl. The van der Waals surface area contributed by atoms with E-state index in [1.807, 2.05) is 0 Å². The molecule has 5 nitrogen and oxygen atoms in total. The predicted molar refractivity (Wildman–Crippen MR) is 70.9 cm³/mol. The van der Waals surface area contributed by atoms with Gasteiger partial charge in [-0.15, -0.1) is 0 Å². The van der Waals surface area contributed by atoms with Crippen LogP contribution in [0.1, 0.15) is 10.4 Å². The second-order valence-electron chi connectivity index (χ2n) is 3.39. The lowest BCUT2D eigenvalue weighted by Crippen LogP contribution is -2.14. The number of nitrogens with zero attached hydrogens (tertiary/aromatic N) is 2. The van der Waals surface area contributed by atoms with E-state index in [9.17, 15) is 4.79 Å². The number of hydrogen-bond donors (Lipinski definition) is 2. The van der Waals surface area contributed by atoms with Crippen LogP contribution in [-0.2, 0) is 0 Å². The zero-order chi connectivity index (χ0) is 13.1. The van der Waals surface area contributed by atoms with Crippen LogP contribution in [0, 0.1) is 0 Å². The van der Waals surface area contributed by atoms with Crippen LogP contribution in [0.2, 0.25) is 10.3 Å². The fourth-order valence-corrected chi connectivity index (χ4v) is 1.63. The first-order valence-electron chi connectivity index (χ1n) is 4.91. The Bertz CT molecular complexity index is 603. The largest absolute Gasteiger partial charge is 0.397 e. The molecule has 92 valence electrons. The summed E-state index contributed by atoms with van der Waals surface area (Å²) >= 11 is 11.5. The number of nitrogens with two attached hydrogens (primary N) is 1. The lowest BCUT2D eigenvalue weighted by molar-refractivity contribution is 0.102. The van der Waals surface area contributed by atoms with Gasteiger partial charge in [-0.25, -0.2) is 9.97 Å². The Morgan fingerprint density at radius 1 is 1.33 bits per heavy atom. The normalized spacial score (nSPS) is 10.1. The number of carbonyl (C=O) groups is 1. The highest BCUT2D eigenvalue weighted by Gasteiger charge is 2.12. The second kappa shape index (κ2) is 5.20. The molecule has 3 N–H and O–H groups in total. The first-order chi connectivity index (χ1) is 8.58. The van der Waals surface area contributed by atoms with Gasteiger partial charge in [-0.2, -0.15) is 0 Å². The molecule has 0 aromatic carbocycles. The molecule has 0 atom stereocenters. The van der Waals surface area contributed by atoms with Gasteiger partial charge in [0, 0.05) is 6.20 Å². The average molecular weight is 283 g/mol. The van der Waals surface area contributed by atoms with Crippen LogP contribution in [-0.4, -0.2) is 15.9 Å². The monoisotopic (exact) mass is 282 g/mol. The summed E-state index contributed by atoms with van der Waals surface area (Å²) in [4.78, 5) is 19.6. The zero-order valence-electron chi connectivity index (χ0n) is 9.02. The number of nitrogen functional groups attached to an aromatic ring is 1. The molecule has 0 bridgehead atoms. The van der Waals surface area contributed by atoms with E-state index in [4.69, 9.17) is 28.9 Å². The zero-order valence-corrected chi connectivity index (χ0v) is 10.5. The highest BCUT2D eigenvalue weighted by molar-refractivity contribution is 6.33. The summed E-state index contributed by atoms with van der Waals surface area (Å²) in [6.07, 6.45) is 2.84. The van der Waals surface area contributed by atoms with Crippen LogP contribution in [0.15, 0.2) is 30.6 Å². The van der Waals surface area contributed by atoms with Crippen LogP contribution in [0.5, 0.6) is 0 Å². The molecule has 0 saturated carbocycles. The van der Waals surface area contributed by atoms with Crippen LogP contribution in [0.4, 0.5) is 11.4 Å². The number of halogens is 2. The molecule has 2 aromatic rings. The van der Waals surface area contributed by atoms with Crippen LogP contribution in [0.25, 0.3) is 0 Å². The van der Waals surface area contributed by atoms with Gasteiger partial charge in [-0.1, -0.05) is 23.2 Å². The van der Waals surface area contributed by atoms with E-state index >= 15 is 0 Å². The van der Waals surface area contributed by atoms with Gasteiger partial charge in [0.25, 0.3) is 5.91 Å². The van der Waals surface area contributed by atoms with E-state index in [1.165, 1.54) is 18.5 Å². The Morgan fingerprint density at radius 2 is 2.11 bits per heavy atom. The third kappa shape index (κ3) is 2.69. The van der Waals surface area contributed by atoms with Gasteiger partial charge in [0.15, 0.2) is 5.15 Å². The van der Waals surface area contributed by atoms with Gasteiger partial charge in [0.2, 0.25) is 0 Å². The Balaban J connectivity index is 2.28. The highest BCUT2D eigenvalue weighted by atomic mass is 35.5. The lowest BCUT2D eigenvalue weighted by atomic mass is 10.2. The highest BCUT2D eigenvalue weighted by Crippen LogP contribution is 2.21. The van der Waals surface area contributed by atoms with Gasteiger partial charge in [-0.3, -0.25) is 4.79 Å². The van der Waals surface area contributed by atoms with E-state index in [0.29, 0.717) is 5.69 Å². The number of nitrogens with one attached hydrogen (secondary N) is 1. The topological polar surface area (TPSA) is 80.9 Å². The van der Waals surface area contributed by atoms with Crippen LogP contribution >= 0.6 is 23.2 Å². The van der Waals surface area contributed by atoms with Crippen molar-refractivity contribution in [3.05, 3.63) is 46.5 Å². The number of amides is 1. The van der Waals surface area contributed by atoms with Gasteiger partial charge in [0.05, 0.1) is 23.1 Å². The van der Waals surface area contributed by atoms with Gasteiger partial charge < -0.3 is 11.1 Å². The minimum atomic E-state index is -0.424. The minimum absolute atomic E-state index is 0.187. The number of aromatic nitrogens is 2. The third-order valence-electron chi connectivity index (χ3n) is 2.15. The Labute approximate surface area is 113 Å². The summed E-state index contributed by atoms with van der Waals surface area (Å²) in [6, 6.07) is 4.67. The van der Waals surface area contributed by atoms with Crippen molar-refractivity contribution < 1.29 is 4.79 Å². The molecule has 2 heterocycles. The number of hydrogen-bond acceptors (Lipinski definition) is 4. The third-order valence-corrected chi connectivity index (χ3v) is 2.66. The fourth-order valence-electron chi connectivity index (χ4n) is 1.31. The van der Waals surface area contributed by atoms with Crippen molar-refractivity contribution in [3.63, 3.8) is 0 Å². The molecule has 0 spiro atoms. The molecular weight excluding hydrogens is 275 g/mol. The number of anilines is 2. The Hall–Kier alpha value is -1.85. The van der Waals surface area contributed by atoms with Crippen molar-refractivity contribution in [1.29, 1.82) is 0 Å². The van der Waals surface area contributed by atoms with Crippen molar-refractivity contribution in [3.8, 4) is 0 Å². The van der Waals surface area contributed by atoms with E-state index in [0.717, 1.165) is 0 Å². The van der Waals surface area contributed by atoms with Gasteiger partial charge in [-0.05, 0) is 18.2 Å². The summed E-state index contributed by atoms with van der Waals surface area (Å²) in [5, 5.41) is 2.98. The number of carbonyl (C=O) groups excluding carboxylic acids is 1.